The second-order valence-electron chi connectivity index (χ2n) is 16.5. The lowest BCUT2D eigenvalue weighted by molar-refractivity contribution is -0.387. The standard InChI is InChI=1S/C38H58N2O28/c1-11(46)39-19-32(67-36-26(53)23(50)20(47)14(6-41)61-36)21(48)15(7-42)60-34(19)68-33-22(49)16(8-43)62-38(29(33)56)66-31-18(10-45)64-37(28(55)25(31)52)65-30-17(9-44)63-35(27(54)24(30)51)59-13-4-2-12(3-5-13)40(57)58/h2-5,14-38,41-45,47-56H,6-10H2,1H3,(H,39,46)/t14-,15-,16-,17-,18-,19-,20-,21-,22-,23-,24+,25+,26-,27-,28-,29-,30+,31-,32+,33-,34-,35+,36-,37-,38+/m1/s1. The molecule has 388 valence electrons. The molecule has 0 radical (unpaired) electrons. The van der Waals surface area contributed by atoms with Crippen LogP contribution in [-0.2, 0) is 47.4 Å². The van der Waals surface area contributed by atoms with Gasteiger partial charge in [0.25, 0.3) is 5.69 Å². The maximum Gasteiger partial charge on any atom is 0.269 e. The highest BCUT2D eigenvalue weighted by Crippen LogP contribution is 2.36. The van der Waals surface area contributed by atoms with Gasteiger partial charge in [-0.25, -0.2) is 0 Å². The molecule has 5 fully saturated rings. The van der Waals surface area contributed by atoms with Crippen molar-refractivity contribution in [2.75, 3.05) is 33.0 Å². The normalized spacial score (nSPS) is 45.6. The Bertz CT molecular complexity index is 1770. The van der Waals surface area contributed by atoms with E-state index in [9.17, 15) is 91.5 Å². The summed E-state index contributed by atoms with van der Waals surface area (Å²) in [6.45, 7) is -3.71. The molecule has 0 bridgehead atoms. The topological polar surface area (TPSA) is 468 Å². The van der Waals surface area contributed by atoms with E-state index in [0.717, 1.165) is 19.1 Å². The first-order valence-corrected chi connectivity index (χ1v) is 21.2. The summed E-state index contributed by atoms with van der Waals surface area (Å²) in [6, 6.07) is 2.88. The number of hydrogen-bond acceptors (Lipinski definition) is 28. The van der Waals surface area contributed by atoms with Crippen molar-refractivity contribution < 1.29 is 134 Å². The number of nitrogens with one attached hydrogen (secondary N) is 1. The van der Waals surface area contributed by atoms with Crippen LogP contribution in [0.2, 0.25) is 0 Å². The fraction of sp³-hybridized carbons (Fsp3) is 0.816. The summed E-state index contributed by atoms with van der Waals surface area (Å²) in [5.41, 5.74) is -0.274. The summed E-state index contributed by atoms with van der Waals surface area (Å²) in [5, 5.41) is 174. The number of hydrogen-bond donors (Lipinski definition) is 16. The van der Waals surface area contributed by atoms with Gasteiger partial charge in [0.1, 0.15) is 128 Å². The fourth-order valence-electron chi connectivity index (χ4n) is 8.29. The highest BCUT2D eigenvalue weighted by Gasteiger charge is 2.57. The number of nitrogens with zero attached hydrogens (tertiary/aromatic N) is 1. The average Bonchev–Trinajstić information content (AvgIpc) is 3.32. The first kappa shape index (κ1) is 54.3. The monoisotopic (exact) mass is 990 g/mol. The van der Waals surface area contributed by atoms with Crippen molar-refractivity contribution in [2.45, 2.75) is 160 Å². The summed E-state index contributed by atoms with van der Waals surface area (Å²) in [7, 11) is 0. The third-order valence-electron chi connectivity index (χ3n) is 12.0. The molecule has 1 amide bonds. The Kier molecular flexibility index (Phi) is 18.7. The molecular weight excluding hydrogens is 932 g/mol. The molecule has 0 unspecified atom stereocenters. The highest BCUT2D eigenvalue weighted by atomic mass is 16.8. The lowest BCUT2D eigenvalue weighted by Crippen LogP contribution is -2.70. The first-order chi connectivity index (χ1) is 32.3. The molecule has 5 aliphatic heterocycles. The van der Waals surface area contributed by atoms with Gasteiger partial charge in [-0.2, -0.15) is 0 Å². The summed E-state index contributed by atoms with van der Waals surface area (Å²) in [5.74, 6) is -0.848. The Balaban J connectivity index is 1.16. The molecule has 0 spiro atoms. The lowest BCUT2D eigenvalue weighted by atomic mass is 9.94. The van der Waals surface area contributed by atoms with E-state index in [0.29, 0.717) is 0 Å². The number of non-ortho nitro benzene ring substituents is 1. The van der Waals surface area contributed by atoms with Crippen LogP contribution in [0.4, 0.5) is 5.69 Å². The van der Waals surface area contributed by atoms with E-state index < -0.39 is 197 Å². The molecule has 1 aromatic carbocycles. The first-order valence-electron chi connectivity index (χ1n) is 21.2. The molecule has 30 heteroatoms. The average molecular weight is 991 g/mol. The molecule has 0 aliphatic carbocycles. The van der Waals surface area contributed by atoms with Gasteiger partial charge in [0.05, 0.1) is 38.0 Å². The Morgan fingerprint density at radius 2 is 0.882 bits per heavy atom. The second-order valence-corrected chi connectivity index (χ2v) is 16.5. The van der Waals surface area contributed by atoms with Gasteiger partial charge < -0.3 is 129 Å². The number of amides is 1. The van der Waals surface area contributed by atoms with Crippen LogP contribution in [0.1, 0.15) is 6.92 Å². The van der Waals surface area contributed by atoms with Gasteiger partial charge in [-0.15, -0.1) is 0 Å². The number of nitro groups is 1. The SMILES string of the molecule is CC(=O)N[C@H]1[C@@H](O[C@H]2[C@@H](O)[C@H](O[C@H]3[C@@H](O)[C@@H](O)[C@@H](O[C@@H]4[C@@H](O)[C@@H](O)[C@@H](Oc5ccc([N+](=O)[O-])cc5)O[C@@H]4CO)O[C@@H]3CO)O[C@H](CO)[C@H]2O)O[C@H](CO)[C@@H](O)[C@H]1O[C@H]1O[C@H](CO)[C@@H](O)[C@@H](O)[C@H]1O. The fourth-order valence-corrected chi connectivity index (χ4v) is 8.29. The summed E-state index contributed by atoms with van der Waals surface area (Å²) < 4.78 is 56.7. The molecule has 0 saturated carbocycles. The zero-order valence-electron chi connectivity index (χ0n) is 35.7. The number of aliphatic hydroxyl groups is 15. The zero-order chi connectivity index (χ0) is 49.9. The maximum atomic E-state index is 12.5. The van der Waals surface area contributed by atoms with Crippen molar-refractivity contribution in [2.24, 2.45) is 0 Å². The maximum absolute atomic E-state index is 12.5. The molecule has 25 atom stereocenters. The molecule has 1 aromatic rings. The zero-order valence-corrected chi connectivity index (χ0v) is 35.7. The number of carbonyl (C=O) groups is 1. The van der Waals surface area contributed by atoms with Gasteiger partial charge in [0.2, 0.25) is 12.2 Å². The third-order valence-corrected chi connectivity index (χ3v) is 12.0. The minimum Gasteiger partial charge on any atom is -0.462 e. The molecule has 5 heterocycles. The predicted octanol–water partition coefficient (Wildman–Crippen LogP) is -9.79. The van der Waals surface area contributed by atoms with Gasteiger partial charge in [-0.1, -0.05) is 0 Å². The van der Waals surface area contributed by atoms with Crippen molar-refractivity contribution in [1.29, 1.82) is 0 Å². The summed E-state index contributed by atoms with van der Waals surface area (Å²) in [6.07, 6.45) is -44.9. The van der Waals surface area contributed by atoms with Gasteiger partial charge in [-0.3, -0.25) is 14.9 Å². The molecule has 0 aromatic heterocycles. The van der Waals surface area contributed by atoms with Crippen molar-refractivity contribution >= 4 is 11.6 Å². The van der Waals surface area contributed by atoms with Crippen LogP contribution in [0, 0.1) is 10.1 Å². The van der Waals surface area contributed by atoms with Crippen LogP contribution in [0.5, 0.6) is 5.75 Å². The molecule has 6 rings (SSSR count). The Hall–Kier alpha value is -3.07. The van der Waals surface area contributed by atoms with Gasteiger partial charge in [0.15, 0.2) is 25.2 Å². The Morgan fingerprint density at radius 1 is 0.500 bits per heavy atom. The van der Waals surface area contributed by atoms with Crippen LogP contribution >= 0.6 is 0 Å². The molecule has 16 N–H and O–H groups in total. The van der Waals surface area contributed by atoms with E-state index in [1.54, 1.807) is 0 Å². The summed E-state index contributed by atoms with van der Waals surface area (Å²) in [4.78, 5) is 22.8. The molecule has 30 nitrogen and oxygen atoms in total. The number of aliphatic hydroxyl groups excluding tert-OH is 15. The van der Waals surface area contributed by atoms with E-state index in [1.165, 1.54) is 12.1 Å². The summed E-state index contributed by atoms with van der Waals surface area (Å²) >= 11 is 0. The van der Waals surface area contributed by atoms with Crippen molar-refractivity contribution in [1.82, 2.24) is 5.32 Å². The van der Waals surface area contributed by atoms with E-state index in [2.05, 4.69) is 5.32 Å². The minimum absolute atomic E-state index is 0.0290. The van der Waals surface area contributed by atoms with Gasteiger partial charge >= 0.3 is 0 Å². The van der Waals surface area contributed by atoms with E-state index in [4.69, 9.17) is 47.4 Å². The van der Waals surface area contributed by atoms with Crippen LogP contribution in [-0.4, -0.2) is 274 Å². The van der Waals surface area contributed by atoms with E-state index in [1.807, 2.05) is 0 Å². The molecular formula is C38H58N2O28. The highest BCUT2D eigenvalue weighted by molar-refractivity contribution is 5.73. The lowest BCUT2D eigenvalue weighted by Gasteiger charge is -2.50. The quantitative estimate of drug-likeness (QED) is 0.0509. The number of benzene rings is 1. The number of ether oxygens (including phenoxy) is 10. The molecule has 68 heavy (non-hydrogen) atoms. The molecule has 5 aliphatic rings. The van der Waals surface area contributed by atoms with Crippen LogP contribution in [0.15, 0.2) is 24.3 Å². The number of rotatable bonds is 17. The van der Waals surface area contributed by atoms with Crippen LogP contribution in [0.3, 0.4) is 0 Å². The second kappa shape index (κ2) is 23.4. The third kappa shape index (κ3) is 11.5. The van der Waals surface area contributed by atoms with Crippen LogP contribution in [0.25, 0.3) is 0 Å². The van der Waals surface area contributed by atoms with Gasteiger partial charge in [0, 0.05) is 19.1 Å². The van der Waals surface area contributed by atoms with Crippen molar-refractivity contribution in [3.05, 3.63) is 34.4 Å². The van der Waals surface area contributed by atoms with E-state index >= 15 is 0 Å². The number of carbonyl (C=O) groups excluding carboxylic acids is 1. The Labute approximate surface area is 383 Å². The predicted molar refractivity (Wildman–Crippen MR) is 210 cm³/mol. The molecule has 5 saturated heterocycles. The largest absolute Gasteiger partial charge is 0.462 e. The number of nitro benzene ring substituents is 1. The van der Waals surface area contributed by atoms with Crippen LogP contribution < -0.4 is 10.1 Å². The van der Waals surface area contributed by atoms with Crippen molar-refractivity contribution in [3.8, 4) is 5.75 Å². The van der Waals surface area contributed by atoms with Gasteiger partial charge in [-0.05, 0) is 12.1 Å². The smallest absolute Gasteiger partial charge is 0.269 e. The van der Waals surface area contributed by atoms with E-state index in [-0.39, 0.29) is 11.4 Å². The minimum atomic E-state index is -2.18. The Morgan fingerprint density at radius 3 is 1.37 bits per heavy atom. The van der Waals surface area contributed by atoms with Crippen molar-refractivity contribution in [3.63, 3.8) is 0 Å².